The SMILES string of the molecule is CC1CN(CCOc2ccccc2C#N)CCN1C. The quantitative estimate of drug-likeness (QED) is 0.823. The molecule has 19 heavy (non-hydrogen) atoms. The summed E-state index contributed by atoms with van der Waals surface area (Å²) < 4.78 is 5.72. The van der Waals surface area contributed by atoms with E-state index < -0.39 is 0 Å². The number of likely N-dealkylation sites (N-methyl/N-ethyl adjacent to an activating group) is 1. The molecule has 1 atom stereocenters. The molecule has 102 valence electrons. The van der Waals surface area contributed by atoms with Gasteiger partial charge in [-0.15, -0.1) is 0 Å². The topological polar surface area (TPSA) is 39.5 Å². The van der Waals surface area contributed by atoms with Crippen molar-refractivity contribution in [1.82, 2.24) is 9.80 Å². The van der Waals surface area contributed by atoms with E-state index in [1.165, 1.54) is 0 Å². The zero-order chi connectivity index (χ0) is 13.7. The van der Waals surface area contributed by atoms with Crippen molar-refractivity contribution in [1.29, 1.82) is 5.26 Å². The van der Waals surface area contributed by atoms with Crippen molar-refractivity contribution in [2.75, 3.05) is 39.8 Å². The summed E-state index contributed by atoms with van der Waals surface area (Å²) in [4.78, 5) is 4.79. The van der Waals surface area contributed by atoms with E-state index in [2.05, 4.69) is 29.8 Å². The highest BCUT2D eigenvalue weighted by Gasteiger charge is 2.20. The van der Waals surface area contributed by atoms with Crippen LogP contribution in [-0.2, 0) is 0 Å². The van der Waals surface area contributed by atoms with Crippen LogP contribution in [0.2, 0.25) is 0 Å². The smallest absolute Gasteiger partial charge is 0.137 e. The Kier molecular flexibility index (Phi) is 4.78. The minimum absolute atomic E-state index is 0.597. The fraction of sp³-hybridized carbons (Fsp3) is 0.533. The number of benzene rings is 1. The summed E-state index contributed by atoms with van der Waals surface area (Å²) in [5.41, 5.74) is 0.606. The number of piperazine rings is 1. The summed E-state index contributed by atoms with van der Waals surface area (Å²) in [7, 11) is 2.17. The van der Waals surface area contributed by atoms with E-state index in [1.54, 1.807) is 6.07 Å². The highest BCUT2D eigenvalue weighted by atomic mass is 16.5. The van der Waals surface area contributed by atoms with Gasteiger partial charge >= 0.3 is 0 Å². The lowest BCUT2D eigenvalue weighted by molar-refractivity contribution is 0.0927. The monoisotopic (exact) mass is 259 g/mol. The molecule has 0 bridgehead atoms. The van der Waals surface area contributed by atoms with Gasteiger partial charge in [-0.05, 0) is 26.1 Å². The Hall–Kier alpha value is -1.57. The number of ether oxygens (including phenoxy) is 1. The van der Waals surface area contributed by atoms with E-state index in [4.69, 9.17) is 10.00 Å². The standard InChI is InChI=1S/C15H21N3O/c1-13-12-18(8-7-17(13)2)9-10-19-15-6-4-3-5-14(15)11-16/h3-6,13H,7-10,12H2,1-2H3. The molecular weight excluding hydrogens is 238 g/mol. The first kappa shape index (κ1) is 13.9. The molecule has 0 aromatic heterocycles. The molecule has 1 saturated heterocycles. The molecule has 0 spiro atoms. The average molecular weight is 259 g/mol. The Morgan fingerprint density at radius 1 is 1.37 bits per heavy atom. The highest BCUT2D eigenvalue weighted by molar-refractivity contribution is 5.42. The van der Waals surface area contributed by atoms with Crippen molar-refractivity contribution in [3.05, 3.63) is 29.8 Å². The van der Waals surface area contributed by atoms with Crippen LogP contribution in [0.25, 0.3) is 0 Å². The van der Waals surface area contributed by atoms with Crippen LogP contribution in [-0.4, -0.2) is 55.7 Å². The number of para-hydroxylation sites is 1. The third kappa shape index (κ3) is 3.69. The maximum atomic E-state index is 8.98. The predicted octanol–water partition coefficient (Wildman–Crippen LogP) is 1.57. The lowest BCUT2D eigenvalue weighted by Crippen LogP contribution is -2.50. The molecule has 0 amide bonds. The molecule has 0 N–H and O–H groups in total. The first-order valence-corrected chi connectivity index (χ1v) is 6.75. The van der Waals surface area contributed by atoms with Gasteiger partial charge in [-0.2, -0.15) is 5.26 Å². The van der Waals surface area contributed by atoms with Crippen LogP contribution in [0.5, 0.6) is 5.75 Å². The molecule has 1 aliphatic rings. The van der Waals surface area contributed by atoms with Crippen molar-refractivity contribution in [2.24, 2.45) is 0 Å². The molecule has 2 rings (SSSR count). The third-order valence-corrected chi connectivity index (χ3v) is 3.72. The first-order chi connectivity index (χ1) is 9.20. The molecule has 1 unspecified atom stereocenters. The molecule has 1 aliphatic heterocycles. The first-order valence-electron chi connectivity index (χ1n) is 6.75. The van der Waals surface area contributed by atoms with E-state index in [1.807, 2.05) is 18.2 Å². The van der Waals surface area contributed by atoms with E-state index >= 15 is 0 Å². The zero-order valence-corrected chi connectivity index (χ0v) is 11.7. The average Bonchev–Trinajstić information content (AvgIpc) is 2.43. The van der Waals surface area contributed by atoms with Crippen molar-refractivity contribution < 1.29 is 4.74 Å². The van der Waals surface area contributed by atoms with Crippen LogP contribution >= 0.6 is 0 Å². The molecule has 0 radical (unpaired) electrons. The summed E-state index contributed by atoms with van der Waals surface area (Å²) in [6.07, 6.45) is 0. The minimum atomic E-state index is 0.597. The Bertz CT molecular complexity index is 455. The summed E-state index contributed by atoms with van der Waals surface area (Å²) in [5.74, 6) is 0.687. The Morgan fingerprint density at radius 3 is 2.89 bits per heavy atom. The largest absolute Gasteiger partial charge is 0.491 e. The van der Waals surface area contributed by atoms with Crippen molar-refractivity contribution in [3.63, 3.8) is 0 Å². The van der Waals surface area contributed by atoms with Gasteiger partial charge < -0.3 is 9.64 Å². The summed E-state index contributed by atoms with van der Waals surface area (Å²) in [6, 6.07) is 10.1. The van der Waals surface area contributed by atoms with Crippen LogP contribution in [0.3, 0.4) is 0 Å². The summed E-state index contributed by atoms with van der Waals surface area (Å²) >= 11 is 0. The van der Waals surface area contributed by atoms with E-state index in [-0.39, 0.29) is 0 Å². The molecule has 4 nitrogen and oxygen atoms in total. The van der Waals surface area contributed by atoms with E-state index in [9.17, 15) is 0 Å². The van der Waals surface area contributed by atoms with Crippen LogP contribution in [0.4, 0.5) is 0 Å². The van der Waals surface area contributed by atoms with Gasteiger partial charge in [-0.25, -0.2) is 0 Å². The second-order valence-corrected chi connectivity index (χ2v) is 5.09. The van der Waals surface area contributed by atoms with Gasteiger partial charge in [-0.1, -0.05) is 12.1 Å². The number of nitriles is 1. The molecule has 1 aromatic carbocycles. The molecule has 1 aromatic rings. The van der Waals surface area contributed by atoms with Gasteiger partial charge in [0.2, 0.25) is 0 Å². The number of hydrogen-bond donors (Lipinski definition) is 0. The van der Waals surface area contributed by atoms with Crippen LogP contribution in [0.1, 0.15) is 12.5 Å². The van der Waals surface area contributed by atoms with Gasteiger partial charge in [0.15, 0.2) is 0 Å². The highest BCUT2D eigenvalue weighted by Crippen LogP contribution is 2.16. The molecule has 0 saturated carbocycles. The second-order valence-electron chi connectivity index (χ2n) is 5.09. The van der Waals surface area contributed by atoms with Crippen molar-refractivity contribution >= 4 is 0 Å². The van der Waals surface area contributed by atoms with Gasteiger partial charge in [0.1, 0.15) is 18.4 Å². The van der Waals surface area contributed by atoms with Crippen LogP contribution in [0.15, 0.2) is 24.3 Å². The normalized spacial score (nSPS) is 21.0. The zero-order valence-electron chi connectivity index (χ0n) is 11.7. The lowest BCUT2D eigenvalue weighted by Gasteiger charge is -2.37. The Morgan fingerprint density at radius 2 is 2.16 bits per heavy atom. The molecular formula is C15H21N3O. The summed E-state index contributed by atoms with van der Waals surface area (Å²) in [5, 5.41) is 8.98. The summed E-state index contributed by atoms with van der Waals surface area (Å²) in [6.45, 7) is 7.07. The van der Waals surface area contributed by atoms with Gasteiger partial charge in [0.05, 0.1) is 5.56 Å². The number of hydrogen-bond acceptors (Lipinski definition) is 4. The number of rotatable bonds is 4. The van der Waals surface area contributed by atoms with Crippen LogP contribution < -0.4 is 4.74 Å². The van der Waals surface area contributed by atoms with Gasteiger partial charge in [0.25, 0.3) is 0 Å². The van der Waals surface area contributed by atoms with Crippen LogP contribution in [0, 0.1) is 11.3 Å². The maximum Gasteiger partial charge on any atom is 0.137 e. The van der Waals surface area contributed by atoms with Crippen molar-refractivity contribution in [2.45, 2.75) is 13.0 Å². The lowest BCUT2D eigenvalue weighted by atomic mass is 10.2. The molecule has 0 aliphatic carbocycles. The molecule has 1 heterocycles. The van der Waals surface area contributed by atoms with Crippen molar-refractivity contribution in [3.8, 4) is 11.8 Å². The van der Waals surface area contributed by atoms with E-state index in [0.29, 0.717) is 24.0 Å². The van der Waals surface area contributed by atoms with E-state index in [0.717, 1.165) is 26.2 Å². The third-order valence-electron chi connectivity index (χ3n) is 3.72. The maximum absolute atomic E-state index is 8.98. The fourth-order valence-corrected chi connectivity index (χ4v) is 2.30. The molecule has 4 heteroatoms. The Balaban J connectivity index is 1.79. The van der Waals surface area contributed by atoms with Gasteiger partial charge in [0, 0.05) is 32.2 Å². The minimum Gasteiger partial charge on any atom is -0.491 e. The number of nitrogens with zero attached hydrogens (tertiary/aromatic N) is 3. The fourth-order valence-electron chi connectivity index (χ4n) is 2.30. The predicted molar refractivity (Wildman–Crippen MR) is 75.2 cm³/mol. The van der Waals surface area contributed by atoms with Gasteiger partial charge in [-0.3, -0.25) is 4.90 Å². The Labute approximate surface area is 115 Å². The second kappa shape index (κ2) is 6.55. The molecule has 1 fully saturated rings.